The van der Waals surface area contributed by atoms with Crippen LogP contribution in [0.4, 0.5) is 5.69 Å². The van der Waals surface area contributed by atoms with E-state index in [1.54, 1.807) is 64.1 Å². The molecule has 3 heterocycles. The summed E-state index contributed by atoms with van der Waals surface area (Å²) in [5.74, 6) is -5.72. The number of ether oxygens (including phenoxy) is 5. The first kappa shape index (κ1) is 47.9. The number of rotatable bonds is 8. The van der Waals surface area contributed by atoms with Gasteiger partial charge in [-0.3, -0.25) is 14.4 Å². The first-order valence-electron chi connectivity index (χ1n) is 21.4. The molecule has 1 amide bonds. The molecule has 2 aromatic carbocycles. The number of aliphatic hydroxyl groups excluding tert-OH is 3. The van der Waals surface area contributed by atoms with Crippen molar-refractivity contribution in [3.8, 4) is 28.7 Å². The van der Waals surface area contributed by atoms with Gasteiger partial charge in [-0.15, -0.1) is 0 Å². The number of fused-ring (bicyclic) bond motifs is 2. The van der Waals surface area contributed by atoms with Crippen molar-refractivity contribution in [1.82, 2.24) is 10.3 Å². The highest BCUT2D eigenvalue weighted by atomic mass is 16.7. The van der Waals surface area contributed by atoms with E-state index >= 15 is 0 Å². The third-order valence-corrected chi connectivity index (χ3v) is 12.4. The highest BCUT2D eigenvalue weighted by molar-refractivity contribution is 6.12. The number of anilines is 1. The molecule has 6 rings (SSSR count). The Morgan fingerprint density at radius 2 is 1.75 bits per heavy atom. The Morgan fingerprint density at radius 1 is 1.02 bits per heavy atom. The number of allylic oxidation sites excluding steroid dienone is 2. The minimum atomic E-state index is -1.85. The van der Waals surface area contributed by atoms with Gasteiger partial charge in [0.05, 0.1) is 30.0 Å². The molecule has 17 heteroatoms. The number of hydrogen-bond acceptors (Lipinski definition) is 16. The molecule has 17 nitrogen and oxygen atoms in total. The molecule has 4 aliphatic rings. The SMILES string of the molecule is CO[C@H]1/C=C/O[C@@]2(C)Oc3c(C)c(O)c4c(=O)c(c5oc6cc(OCCNCCN)ccc6nc-5c4c3C2O)NC(=O)/C(C)=C\C=C\[C@H](C)[C@H](O)[C@@H](C)[C@@H](O)[C@@H](C)[C@H](OC(C)=O)[C@@H]1C. The Labute approximate surface area is 371 Å². The molecule has 4 bridgehead atoms. The Hall–Kier alpha value is -5.56. The van der Waals surface area contributed by atoms with Crippen molar-refractivity contribution in [3.05, 3.63) is 75.7 Å². The first-order chi connectivity index (χ1) is 30.3. The van der Waals surface area contributed by atoms with E-state index in [1.165, 1.54) is 47.1 Å². The van der Waals surface area contributed by atoms with Crippen molar-refractivity contribution < 1.29 is 58.1 Å². The Balaban J connectivity index is 1.55. The van der Waals surface area contributed by atoms with Crippen molar-refractivity contribution >= 4 is 39.4 Å². The van der Waals surface area contributed by atoms with Gasteiger partial charge in [0, 0.05) is 92.4 Å². The van der Waals surface area contributed by atoms with Crippen LogP contribution in [0.2, 0.25) is 0 Å². The van der Waals surface area contributed by atoms with Crippen LogP contribution >= 0.6 is 0 Å². The number of nitrogens with zero attached hydrogens (tertiary/aromatic N) is 1. The van der Waals surface area contributed by atoms with Gasteiger partial charge in [-0.1, -0.05) is 45.9 Å². The van der Waals surface area contributed by atoms with Crippen molar-refractivity contribution in [2.24, 2.45) is 29.4 Å². The summed E-state index contributed by atoms with van der Waals surface area (Å²) in [6, 6.07) is 4.96. The van der Waals surface area contributed by atoms with E-state index < -0.39 is 83.0 Å². The van der Waals surface area contributed by atoms with Gasteiger partial charge in [-0.25, -0.2) is 4.98 Å². The Bertz CT molecular complexity index is 2500. The van der Waals surface area contributed by atoms with Crippen molar-refractivity contribution in [3.63, 3.8) is 0 Å². The minimum Gasteiger partial charge on any atom is -0.507 e. The molecule has 1 aliphatic carbocycles. The van der Waals surface area contributed by atoms with Gasteiger partial charge in [0.1, 0.15) is 46.9 Å². The van der Waals surface area contributed by atoms with Crippen LogP contribution in [0.15, 0.2) is 63.6 Å². The van der Waals surface area contributed by atoms with E-state index in [1.807, 2.05) is 0 Å². The van der Waals surface area contributed by atoms with E-state index in [2.05, 4.69) is 10.6 Å². The topological polar surface area (TPSA) is 254 Å². The predicted molar refractivity (Wildman–Crippen MR) is 239 cm³/mol. The number of methoxy groups -OCH3 is 1. The lowest BCUT2D eigenvalue weighted by atomic mass is 9.78. The van der Waals surface area contributed by atoms with Crippen LogP contribution in [-0.2, 0) is 23.8 Å². The maximum absolute atomic E-state index is 14.7. The summed E-state index contributed by atoms with van der Waals surface area (Å²) in [6.45, 7) is 14.7. The normalized spacial score (nSPS) is 29.8. The second-order valence-corrected chi connectivity index (χ2v) is 16.9. The van der Waals surface area contributed by atoms with E-state index in [4.69, 9.17) is 38.8 Å². The number of nitrogens with one attached hydrogen (secondary N) is 2. The minimum absolute atomic E-state index is 0.0171. The van der Waals surface area contributed by atoms with E-state index in [9.17, 15) is 34.8 Å². The molecule has 2 aromatic rings. The van der Waals surface area contributed by atoms with Gasteiger partial charge in [0.25, 0.3) is 11.7 Å². The van der Waals surface area contributed by atoms with Crippen LogP contribution in [0.1, 0.15) is 65.7 Å². The third kappa shape index (κ3) is 9.32. The molecule has 0 fully saturated rings. The van der Waals surface area contributed by atoms with Crippen LogP contribution in [0.25, 0.3) is 33.3 Å². The average Bonchev–Trinajstić information content (AvgIpc) is 3.53. The summed E-state index contributed by atoms with van der Waals surface area (Å²) < 4.78 is 36.4. The third-order valence-electron chi connectivity index (χ3n) is 12.4. The number of esters is 1. The number of hydrogen-bond donors (Lipinski definition) is 7. The van der Waals surface area contributed by atoms with Crippen LogP contribution < -0.4 is 31.3 Å². The van der Waals surface area contributed by atoms with Crippen molar-refractivity contribution in [2.45, 2.75) is 91.7 Å². The molecule has 8 N–H and O–H groups in total. The molecule has 0 radical (unpaired) electrons. The van der Waals surface area contributed by atoms with Gasteiger partial charge in [0.2, 0.25) is 5.43 Å². The van der Waals surface area contributed by atoms with E-state index in [0.29, 0.717) is 37.5 Å². The van der Waals surface area contributed by atoms with Gasteiger partial charge in [0.15, 0.2) is 17.4 Å². The van der Waals surface area contributed by atoms with E-state index in [-0.39, 0.29) is 55.9 Å². The van der Waals surface area contributed by atoms with Gasteiger partial charge < -0.3 is 64.9 Å². The highest BCUT2D eigenvalue weighted by Gasteiger charge is 2.50. The number of aliphatic hydroxyl groups is 3. The van der Waals surface area contributed by atoms with Gasteiger partial charge in [-0.05, 0) is 32.1 Å². The Morgan fingerprint density at radius 3 is 2.44 bits per heavy atom. The van der Waals surface area contributed by atoms with Crippen molar-refractivity contribution in [2.75, 3.05) is 38.7 Å². The van der Waals surface area contributed by atoms with Crippen LogP contribution in [0, 0.1) is 30.6 Å². The van der Waals surface area contributed by atoms with Crippen LogP contribution in [0.5, 0.6) is 17.2 Å². The predicted octanol–water partition coefficient (Wildman–Crippen LogP) is 4.73. The number of carbonyl (C=O) groups excluding carboxylic acids is 2. The number of phenolic OH excluding ortho intramolecular Hbond substituents is 1. The van der Waals surface area contributed by atoms with E-state index in [0.717, 1.165) is 0 Å². The summed E-state index contributed by atoms with van der Waals surface area (Å²) >= 11 is 0. The first-order valence-corrected chi connectivity index (χ1v) is 21.4. The second kappa shape index (κ2) is 19.7. The molecular weight excluding hydrogens is 829 g/mol. The lowest BCUT2D eigenvalue weighted by Crippen LogP contribution is -2.46. The fraction of sp³-hybridized carbons (Fsp3) is 0.489. The maximum Gasteiger partial charge on any atom is 0.302 e. The number of phenols is 1. The zero-order chi connectivity index (χ0) is 46.8. The molecule has 0 spiro atoms. The summed E-state index contributed by atoms with van der Waals surface area (Å²) in [7, 11) is 1.46. The summed E-state index contributed by atoms with van der Waals surface area (Å²) in [4.78, 5) is 46.0. The number of amides is 1. The zero-order valence-corrected chi connectivity index (χ0v) is 37.6. The molecule has 1 unspecified atom stereocenters. The summed E-state index contributed by atoms with van der Waals surface area (Å²) in [5, 5.41) is 52.6. The number of nitrogens with two attached hydrogens (primary N) is 1. The maximum atomic E-state index is 14.7. The molecule has 64 heavy (non-hydrogen) atoms. The quantitative estimate of drug-likeness (QED) is 0.0547. The number of carbonyl (C=O) groups is 2. The van der Waals surface area contributed by atoms with Crippen LogP contribution in [0.3, 0.4) is 0 Å². The van der Waals surface area contributed by atoms with Crippen molar-refractivity contribution in [1.29, 1.82) is 0 Å². The molecule has 0 aromatic heterocycles. The fourth-order valence-electron chi connectivity index (χ4n) is 8.49. The summed E-state index contributed by atoms with van der Waals surface area (Å²) in [5.41, 5.74) is 5.37. The molecular formula is C47H60N4O13. The number of aromatic hydroxyl groups is 1. The molecule has 3 aliphatic heterocycles. The standard InChI is InChI=1S/C47H60N4O13/c1-22-11-10-12-23(2)46(58)51-37-41(56)34-33(36-44(37)63-32-21-29(13-14-30(32)50-36)60-20-18-49-17-16-48)35-43(27(6)40(34)55)64-47(8,45(35)57)61-19-15-31(59-9)24(3)42(62-28(7)52)26(5)39(54)25(4)38(22)53/h10-15,19,21-22,24-26,31,38-39,42,45,49,53-55,57H,16-18,20,48H2,1-9H3,(H,51,58)/b11-10+,19-15+,23-12-/t22-,24+,25+,26+,31-,38-,39+,42+,45?,47-/m0/s1. The highest BCUT2D eigenvalue weighted by Crippen LogP contribution is 2.54. The number of aromatic nitrogens is 1. The van der Waals surface area contributed by atoms with Crippen LogP contribution in [-0.4, -0.2) is 101 Å². The molecule has 0 saturated heterocycles. The average molecular weight is 889 g/mol. The molecule has 0 saturated carbocycles. The summed E-state index contributed by atoms with van der Waals surface area (Å²) in [6.07, 6.45) is 2.14. The van der Waals surface area contributed by atoms with Gasteiger partial charge in [-0.2, -0.15) is 0 Å². The van der Waals surface area contributed by atoms with Gasteiger partial charge >= 0.3 is 5.97 Å². The zero-order valence-electron chi connectivity index (χ0n) is 37.6. The fourth-order valence-corrected chi connectivity index (χ4v) is 8.49. The lowest BCUT2D eigenvalue weighted by Gasteiger charge is -2.38. The largest absolute Gasteiger partial charge is 0.507 e. The Kier molecular flexibility index (Phi) is 14.7. The smallest absolute Gasteiger partial charge is 0.302 e. The molecule has 346 valence electrons. The number of benzene rings is 3. The molecule has 10 atom stereocenters. The second-order valence-electron chi connectivity index (χ2n) is 16.9. The lowest BCUT2D eigenvalue weighted by molar-refractivity contribution is -0.181. The monoisotopic (exact) mass is 888 g/mol.